The minimum atomic E-state index is -3.76. The number of hydrogen-bond acceptors (Lipinski definition) is 5. The molecule has 7 nitrogen and oxygen atoms in total. The lowest BCUT2D eigenvalue weighted by Gasteiger charge is -2.11. The molecule has 3 rings (SSSR count). The van der Waals surface area contributed by atoms with Crippen molar-refractivity contribution in [3.05, 3.63) is 78.4 Å². The molecule has 0 fully saturated rings. The number of carbonyl (C=O) groups is 1. The van der Waals surface area contributed by atoms with Crippen LogP contribution in [0.2, 0.25) is 0 Å². The molecule has 0 aromatic heterocycles. The van der Waals surface area contributed by atoms with E-state index in [1.54, 1.807) is 48.5 Å². The third kappa shape index (κ3) is 4.85. The average Bonchev–Trinajstić information content (AvgIpc) is 2.74. The lowest BCUT2D eigenvalue weighted by molar-refractivity contribution is 0.102. The van der Waals surface area contributed by atoms with Gasteiger partial charge in [0.1, 0.15) is 11.5 Å². The van der Waals surface area contributed by atoms with E-state index in [0.29, 0.717) is 28.4 Å². The Morgan fingerprint density at radius 2 is 1.41 bits per heavy atom. The van der Waals surface area contributed by atoms with Gasteiger partial charge in [-0.3, -0.25) is 9.52 Å². The number of hydrogen-bond donors (Lipinski definition) is 2. The van der Waals surface area contributed by atoms with Gasteiger partial charge in [-0.2, -0.15) is 0 Å². The zero-order valence-electron chi connectivity index (χ0n) is 15.9. The van der Waals surface area contributed by atoms with Crippen LogP contribution in [-0.4, -0.2) is 28.5 Å². The predicted molar refractivity (Wildman–Crippen MR) is 111 cm³/mol. The fraction of sp³-hybridized carbons (Fsp3) is 0.0952. The molecule has 0 bridgehead atoms. The maximum atomic E-state index is 12.5. The fourth-order valence-electron chi connectivity index (χ4n) is 2.62. The molecule has 0 saturated heterocycles. The number of methoxy groups -OCH3 is 2. The number of anilines is 2. The monoisotopic (exact) mass is 412 g/mol. The van der Waals surface area contributed by atoms with Gasteiger partial charge in [-0.1, -0.05) is 12.1 Å². The van der Waals surface area contributed by atoms with Gasteiger partial charge in [0.2, 0.25) is 0 Å². The van der Waals surface area contributed by atoms with Crippen molar-refractivity contribution in [2.45, 2.75) is 4.90 Å². The van der Waals surface area contributed by atoms with Gasteiger partial charge >= 0.3 is 0 Å². The zero-order valence-corrected chi connectivity index (χ0v) is 16.7. The van der Waals surface area contributed by atoms with Crippen molar-refractivity contribution in [3.63, 3.8) is 0 Å². The Labute approximate surface area is 169 Å². The molecule has 0 aliphatic heterocycles. The molecule has 29 heavy (non-hydrogen) atoms. The molecule has 3 aromatic carbocycles. The van der Waals surface area contributed by atoms with E-state index in [-0.39, 0.29) is 10.8 Å². The molecule has 0 atom stereocenters. The van der Waals surface area contributed by atoms with Crippen LogP contribution in [0.1, 0.15) is 10.4 Å². The highest BCUT2D eigenvalue weighted by molar-refractivity contribution is 7.92. The Kier molecular flexibility index (Phi) is 6.04. The van der Waals surface area contributed by atoms with Crippen LogP contribution in [0.15, 0.2) is 77.7 Å². The van der Waals surface area contributed by atoms with Gasteiger partial charge in [-0.25, -0.2) is 8.42 Å². The molecule has 2 N–H and O–H groups in total. The van der Waals surface area contributed by atoms with E-state index < -0.39 is 10.0 Å². The number of rotatable bonds is 7. The Bertz CT molecular complexity index is 1090. The molecule has 0 heterocycles. The van der Waals surface area contributed by atoms with Gasteiger partial charge < -0.3 is 14.8 Å². The summed E-state index contributed by atoms with van der Waals surface area (Å²) in [6, 6.07) is 19.3. The molecular weight excluding hydrogens is 392 g/mol. The van der Waals surface area contributed by atoms with Crippen LogP contribution < -0.4 is 19.5 Å². The third-order valence-electron chi connectivity index (χ3n) is 4.12. The molecule has 0 aliphatic carbocycles. The lowest BCUT2D eigenvalue weighted by atomic mass is 10.2. The number of nitrogens with one attached hydrogen (secondary N) is 2. The molecule has 1 amide bonds. The Morgan fingerprint density at radius 1 is 0.793 bits per heavy atom. The SMILES string of the molecule is COc1ccc(NS(=O)(=O)c2ccc(NC(=O)c3ccccc3OC)cc2)cc1. The first-order valence-electron chi connectivity index (χ1n) is 8.64. The lowest BCUT2D eigenvalue weighted by Crippen LogP contribution is -2.14. The molecule has 0 unspecified atom stereocenters. The summed E-state index contributed by atoms with van der Waals surface area (Å²) in [7, 11) is -0.742. The van der Waals surface area contributed by atoms with Crippen LogP contribution in [0.25, 0.3) is 0 Å². The molecule has 3 aromatic rings. The van der Waals surface area contributed by atoms with Crippen molar-refractivity contribution < 1.29 is 22.7 Å². The smallest absolute Gasteiger partial charge is 0.261 e. The fourth-order valence-corrected chi connectivity index (χ4v) is 3.68. The number of benzene rings is 3. The highest BCUT2D eigenvalue weighted by Crippen LogP contribution is 2.22. The Morgan fingerprint density at radius 3 is 2.03 bits per heavy atom. The summed E-state index contributed by atoms with van der Waals surface area (Å²) < 4.78 is 37.8. The van der Waals surface area contributed by atoms with Crippen molar-refractivity contribution >= 4 is 27.3 Å². The van der Waals surface area contributed by atoms with Crippen molar-refractivity contribution in [1.29, 1.82) is 0 Å². The quantitative estimate of drug-likeness (QED) is 0.616. The molecular formula is C21H20N2O5S. The first-order valence-corrected chi connectivity index (χ1v) is 10.1. The predicted octanol–water partition coefficient (Wildman–Crippen LogP) is 3.76. The molecule has 0 aliphatic rings. The van der Waals surface area contributed by atoms with Crippen LogP contribution in [0, 0.1) is 0 Å². The molecule has 8 heteroatoms. The Hall–Kier alpha value is -3.52. The average molecular weight is 412 g/mol. The van der Waals surface area contributed by atoms with Crippen LogP contribution in [-0.2, 0) is 10.0 Å². The standard InChI is InChI=1S/C21H20N2O5S/c1-27-17-11-7-16(8-12-17)23-29(25,26)18-13-9-15(10-14-18)22-21(24)19-5-3-4-6-20(19)28-2/h3-14,23H,1-2H3,(H,22,24). The minimum Gasteiger partial charge on any atom is -0.497 e. The molecule has 150 valence electrons. The van der Waals surface area contributed by atoms with E-state index in [1.165, 1.54) is 38.5 Å². The van der Waals surface area contributed by atoms with Gasteiger partial charge in [0.25, 0.3) is 15.9 Å². The second kappa shape index (κ2) is 8.66. The van der Waals surface area contributed by atoms with E-state index in [9.17, 15) is 13.2 Å². The largest absolute Gasteiger partial charge is 0.497 e. The van der Waals surface area contributed by atoms with E-state index in [2.05, 4.69) is 10.0 Å². The third-order valence-corrected chi connectivity index (χ3v) is 5.51. The molecule has 0 spiro atoms. The van der Waals surface area contributed by atoms with Crippen molar-refractivity contribution in [2.75, 3.05) is 24.3 Å². The van der Waals surface area contributed by atoms with Gasteiger partial charge in [-0.15, -0.1) is 0 Å². The number of amides is 1. The summed E-state index contributed by atoms with van der Waals surface area (Å²) in [6.45, 7) is 0. The summed E-state index contributed by atoms with van der Waals surface area (Å²) in [5.74, 6) is 0.727. The van der Waals surface area contributed by atoms with E-state index in [0.717, 1.165) is 0 Å². The van der Waals surface area contributed by atoms with Crippen molar-refractivity contribution in [3.8, 4) is 11.5 Å². The second-order valence-electron chi connectivity index (χ2n) is 6.01. The number of carbonyl (C=O) groups excluding carboxylic acids is 1. The summed E-state index contributed by atoms with van der Waals surface area (Å²) in [4.78, 5) is 12.5. The summed E-state index contributed by atoms with van der Waals surface area (Å²) in [5, 5.41) is 2.73. The first-order chi connectivity index (χ1) is 13.9. The maximum absolute atomic E-state index is 12.5. The van der Waals surface area contributed by atoms with Crippen LogP contribution in [0.5, 0.6) is 11.5 Å². The number of para-hydroxylation sites is 1. The number of ether oxygens (including phenoxy) is 2. The Balaban J connectivity index is 1.72. The van der Waals surface area contributed by atoms with Crippen molar-refractivity contribution in [2.24, 2.45) is 0 Å². The van der Waals surface area contributed by atoms with Crippen molar-refractivity contribution in [1.82, 2.24) is 0 Å². The van der Waals surface area contributed by atoms with E-state index in [4.69, 9.17) is 9.47 Å². The van der Waals surface area contributed by atoms with E-state index in [1.807, 2.05) is 0 Å². The van der Waals surface area contributed by atoms with Crippen LogP contribution >= 0.6 is 0 Å². The zero-order chi connectivity index (χ0) is 20.9. The number of sulfonamides is 1. The van der Waals surface area contributed by atoms with Gasteiger partial charge in [0.15, 0.2) is 0 Å². The summed E-state index contributed by atoms with van der Waals surface area (Å²) in [5.41, 5.74) is 1.26. The topological polar surface area (TPSA) is 93.7 Å². The highest BCUT2D eigenvalue weighted by Gasteiger charge is 2.15. The van der Waals surface area contributed by atoms with Gasteiger partial charge in [-0.05, 0) is 60.7 Å². The van der Waals surface area contributed by atoms with Crippen LogP contribution in [0.4, 0.5) is 11.4 Å². The first kappa shape index (κ1) is 20.2. The second-order valence-corrected chi connectivity index (χ2v) is 7.70. The van der Waals surface area contributed by atoms with Crippen LogP contribution in [0.3, 0.4) is 0 Å². The normalized spacial score (nSPS) is 10.8. The van der Waals surface area contributed by atoms with E-state index >= 15 is 0 Å². The minimum absolute atomic E-state index is 0.0728. The molecule has 0 saturated carbocycles. The maximum Gasteiger partial charge on any atom is 0.261 e. The summed E-state index contributed by atoms with van der Waals surface area (Å²) in [6.07, 6.45) is 0. The summed E-state index contributed by atoms with van der Waals surface area (Å²) >= 11 is 0. The highest BCUT2D eigenvalue weighted by atomic mass is 32.2. The van der Waals surface area contributed by atoms with Gasteiger partial charge in [0, 0.05) is 11.4 Å². The molecule has 0 radical (unpaired) electrons. The van der Waals surface area contributed by atoms with Gasteiger partial charge in [0.05, 0.1) is 24.7 Å².